The molecule has 0 aromatic heterocycles. The predicted octanol–water partition coefficient (Wildman–Crippen LogP) is 4.11. The van der Waals surface area contributed by atoms with Crippen molar-refractivity contribution in [2.45, 2.75) is 19.1 Å². The van der Waals surface area contributed by atoms with E-state index < -0.39 is 14.2 Å². The zero-order valence-electron chi connectivity index (χ0n) is 17.3. The fourth-order valence-corrected chi connectivity index (χ4v) is 5.78. The summed E-state index contributed by atoms with van der Waals surface area (Å²) in [5.74, 6) is 1.51. The van der Waals surface area contributed by atoms with Crippen LogP contribution in [0, 0.1) is 0 Å². The lowest BCUT2D eigenvalue weighted by molar-refractivity contribution is 0.111. The van der Waals surface area contributed by atoms with Gasteiger partial charge >= 0.3 is 0 Å². The first kappa shape index (κ1) is 21.3. The van der Waals surface area contributed by atoms with Crippen LogP contribution in [0.4, 0.5) is 0 Å². The molecule has 0 saturated carbocycles. The third-order valence-electron chi connectivity index (χ3n) is 5.08. The Hall–Kier alpha value is -2.39. The molecule has 5 heteroatoms. The Balaban J connectivity index is 2.02. The first-order valence-electron chi connectivity index (χ1n) is 9.59. The van der Waals surface area contributed by atoms with Gasteiger partial charge in [-0.2, -0.15) is 0 Å². The number of hydrogen-bond donors (Lipinski definition) is 1. The number of nitrogens with zero attached hydrogens (tertiary/aromatic N) is 1. The van der Waals surface area contributed by atoms with E-state index >= 15 is 0 Å². The van der Waals surface area contributed by atoms with Crippen LogP contribution in [0.1, 0.15) is 18.6 Å². The van der Waals surface area contributed by atoms with Crippen molar-refractivity contribution in [1.82, 2.24) is 4.67 Å². The van der Waals surface area contributed by atoms with Crippen molar-refractivity contribution in [2.75, 3.05) is 21.3 Å². The van der Waals surface area contributed by atoms with Gasteiger partial charge in [-0.3, -0.25) is 4.67 Å². The van der Waals surface area contributed by atoms with E-state index in [1.807, 2.05) is 54.6 Å². The molecule has 0 bridgehead atoms. The van der Waals surface area contributed by atoms with Crippen molar-refractivity contribution < 1.29 is 14.6 Å². The Kier molecular flexibility index (Phi) is 7.27. The summed E-state index contributed by atoms with van der Waals surface area (Å²) in [6.45, 7) is 2.06. The van der Waals surface area contributed by atoms with Crippen molar-refractivity contribution in [3.63, 3.8) is 0 Å². The molecule has 0 aliphatic heterocycles. The normalized spacial score (nSPS) is 14.3. The molecule has 1 unspecified atom stereocenters. The number of methoxy groups -OCH3 is 2. The summed E-state index contributed by atoms with van der Waals surface area (Å²) >= 11 is 0. The number of aliphatic hydroxyl groups is 1. The fourth-order valence-electron chi connectivity index (χ4n) is 3.31. The number of hydrogen-bond acceptors (Lipinski definition) is 4. The largest absolute Gasteiger partial charge is 0.497 e. The summed E-state index contributed by atoms with van der Waals surface area (Å²) in [6, 6.07) is 26.1. The van der Waals surface area contributed by atoms with Gasteiger partial charge in [0.25, 0.3) is 0 Å². The third kappa shape index (κ3) is 4.97. The lowest BCUT2D eigenvalue weighted by Crippen LogP contribution is -2.36. The third-order valence-corrected chi connectivity index (χ3v) is 7.61. The minimum atomic E-state index is -0.905. The summed E-state index contributed by atoms with van der Waals surface area (Å²) in [7, 11) is 4.49. The number of ether oxygens (including phenoxy) is 2. The van der Waals surface area contributed by atoms with Crippen molar-refractivity contribution in [3.05, 3.63) is 84.4 Å². The van der Waals surface area contributed by atoms with Crippen LogP contribution in [0.2, 0.25) is 0 Å². The minimum Gasteiger partial charge on any atom is -0.497 e. The van der Waals surface area contributed by atoms with Crippen LogP contribution < -0.4 is 20.1 Å². The van der Waals surface area contributed by atoms with Gasteiger partial charge in [0.2, 0.25) is 0 Å². The van der Waals surface area contributed by atoms with Gasteiger partial charge in [-0.05, 0) is 37.0 Å². The Labute approximate surface area is 174 Å². The van der Waals surface area contributed by atoms with E-state index in [1.54, 1.807) is 14.2 Å². The molecule has 1 N–H and O–H groups in total. The molecule has 0 spiro atoms. The van der Waals surface area contributed by atoms with Crippen LogP contribution in [0.3, 0.4) is 0 Å². The molecule has 0 amide bonds. The maximum atomic E-state index is 11.0. The van der Waals surface area contributed by atoms with Gasteiger partial charge < -0.3 is 14.6 Å². The number of aliphatic hydroxyl groups excluding tert-OH is 1. The average molecular weight is 409 g/mol. The molecule has 29 heavy (non-hydrogen) atoms. The highest BCUT2D eigenvalue weighted by molar-refractivity contribution is 7.70. The Morgan fingerprint density at radius 2 is 1.31 bits per heavy atom. The summed E-state index contributed by atoms with van der Waals surface area (Å²) in [5, 5.41) is 13.3. The lowest BCUT2D eigenvalue weighted by Gasteiger charge is -2.36. The van der Waals surface area contributed by atoms with Crippen molar-refractivity contribution in [3.8, 4) is 11.5 Å². The molecule has 0 aliphatic rings. The Morgan fingerprint density at radius 3 is 1.83 bits per heavy atom. The van der Waals surface area contributed by atoms with E-state index in [0.29, 0.717) is 0 Å². The molecule has 0 aliphatic carbocycles. The molecule has 152 valence electrons. The van der Waals surface area contributed by atoms with E-state index in [0.717, 1.165) is 22.4 Å². The fraction of sp³-hybridized carbons (Fsp3) is 0.250. The molecule has 0 saturated heterocycles. The van der Waals surface area contributed by atoms with Gasteiger partial charge in [-0.15, -0.1) is 0 Å². The van der Waals surface area contributed by atoms with E-state index in [4.69, 9.17) is 9.47 Å². The van der Waals surface area contributed by atoms with Gasteiger partial charge in [0.15, 0.2) is 0 Å². The van der Waals surface area contributed by atoms with Crippen LogP contribution >= 0.6 is 8.07 Å². The minimum absolute atomic E-state index is 0.0964. The van der Waals surface area contributed by atoms with Gasteiger partial charge in [0.05, 0.1) is 20.3 Å². The second-order valence-electron chi connectivity index (χ2n) is 6.89. The van der Waals surface area contributed by atoms with E-state index in [2.05, 4.69) is 42.9 Å². The second-order valence-corrected chi connectivity index (χ2v) is 9.18. The van der Waals surface area contributed by atoms with Gasteiger partial charge in [-0.25, -0.2) is 0 Å². The highest BCUT2D eigenvalue weighted by atomic mass is 31.1. The maximum Gasteiger partial charge on any atom is 0.123 e. The highest BCUT2D eigenvalue weighted by Gasteiger charge is 2.29. The molecule has 3 aromatic carbocycles. The highest BCUT2D eigenvalue weighted by Crippen LogP contribution is 2.42. The molecule has 0 fully saturated rings. The van der Waals surface area contributed by atoms with E-state index in [9.17, 15) is 5.11 Å². The quantitative estimate of drug-likeness (QED) is 0.569. The summed E-state index contributed by atoms with van der Waals surface area (Å²) in [4.78, 5) is 0. The van der Waals surface area contributed by atoms with Crippen LogP contribution in [0.15, 0.2) is 78.9 Å². The van der Waals surface area contributed by atoms with Crippen molar-refractivity contribution in [2.24, 2.45) is 0 Å². The maximum absolute atomic E-state index is 11.0. The predicted molar refractivity (Wildman–Crippen MR) is 121 cm³/mol. The lowest BCUT2D eigenvalue weighted by atomic mass is 10.0. The number of likely N-dealkylation sites (N-methyl/N-ethyl adjacent to an activating group) is 1. The Bertz CT molecular complexity index is 882. The molecular weight excluding hydrogens is 381 g/mol. The molecule has 0 radical (unpaired) electrons. The zero-order valence-corrected chi connectivity index (χ0v) is 18.2. The average Bonchev–Trinajstić information content (AvgIpc) is 2.79. The summed E-state index contributed by atoms with van der Waals surface area (Å²) in [6.07, 6.45) is -0.595. The van der Waals surface area contributed by atoms with E-state index in [1.165, 1.54) is 5.30 Å². The molecule has 0 heterocycles. The summed E-state index contributed by atoms with van der Waals surface area (Å²) in [5.41, 5.74) is 0.915. The first-order valence-corrected chi connectivity index (χ1v) is 10.9. The SMILES string of the molecule is COc1cc(OC)cc([P@](c2ccccc2)N(C)[C@@H](C)C(O)c2ccccc2)c1. The van der Waals surface area contributed by atoms with Crippen LogP contribution in [0.5, 0.6) is 11.5 Å². The van der Waals surface area contributed by atoms with Gasteiger partial charge in [-0.1, -0.05) is 60.7 Å². The number of rotatable bonds is 8. The van der Waals surface area contributed by atoms with Crippen molar-refractivity contribution >= 4 is 18.7 Å². The molecule has 3 atom stereocenters. The molecule has 3 rings (SSSR count). The molecule has 3 aromatic rings. The van der Waals surface area contributed by atoms with Crippen LogP contribution in [0.25, 0.3) is 0 Å². The summed E-state index contributed by atoms with van der Waals surface area (Å²) < 4.78 is 13.3. The zero-order chi connectivity index (χ0) is 20.8. The topological polar surface area (TPSA) is 41.9 Å². The molecule has 4 nitrogen and oxygen atoms in total. The first-order chi connectivity index (χ1) is 14.0. The monoisotopic (exact) mass is 409 g/mol. The Morgan fingerprint density at radius 1 is 0.793 bits per heavy atom. The molecular formula is C24H28NO3P. The van der Waals surface area contributed by atoms with Gasteiger partial charge in [0, 0.05) is 25.5 Å². The smallest absolute Gasteiger partial charge is 0.123 e. The second kappa shape index (κ2) is 9.89. The standard InChI is InChI=1S/C24H28NO3P/c1-18(24(26)19-11-7-5-8-12-19)25(2)29(22-13-9-6-10-14-22)23-16-20(27-3)15-21(17-23)28-4/h5-18,24,26H,1-4H3/t18-,24?,29-/m0/s1. The van der Waals surface area contributed by atoms with Crippen LogP contribution in [-0.2, 0) is 0 Å². The van der Waals surface area contributed by atoms with Crippen molar-refractivity contribution in [1.29, 1.82) is 0 Å². The van der Waals surface area contributed by atoms with E-state index in [-0.39, 0.29) is 6.04 Å². The number of benzene rings is 3. The van der Waals surface area contributed by atoms with Crippen LogP contribution in [-0.4, -0.2) is 37.1 Å². The van der Waals surface area contributed by atoms with Gasteiger partial charge in [0.1, 0.15) is 11.5 Å².